The molecule has 1 aliphatic rings. The summed E-state index contributed by atoms with van der Waals surface area (Å²) in [4.78, 5) is 6.39. The first-order valence-electron chi connectivity index (χ1n) is 3.97. The van der Waals surface area contributed by atoms with Gasteiger partial charge in [-0.2, -0.15) is 43.9 Å². The smallest absolute Gasteiger partial charge is 0.543 e. The van der Waals surface area contributed by atoms with Crippen LogP contribution in [0.3, 0.4) is 0 Å². The molecule has 0 aromatic heterocycles. The summed E-state index contributed by atoms with van der Waals surface area (Å²) in [6.07, 6.45) is 0. The number of halogens is 10. The molecule has 1 rings (SSSR count). The fourth-order valence-electron chi connectivity index (χ4n) is 1.28. The van der Waals surface area contributed by atoms with E-state index in [4.69, 9.17) is 0 Å². The van der Waals surface area contributed by atoms with Crippen molar-refractivity contribution >= 4 is 5.97 Å². The normalized spacial score (nSPS) is 26.9. The van der Waals surface area contributed by atoms with Crippen LogP contribution in [-0.4, -0.2) is 40.9 Å². The van der Waals surface area contributed by atoms with Crippen LogP contribution in [0.25, 0.3) is 0 Å². The van der Waals surface area contributed by atoms with Gasteiger partial charge in [0.2, 0.25) is 0 Å². The van der Waals surface area contributed by atoms with Gasteiger partial charge in [0, 0.05) is 0 Å². The van der Waals surface area contributed by atoms with Crippen LogP contribution in [0.5, 0.6) is 0 Å². The SMILES string of the molecule is O=C([O-])C(F)(F)N1C(F)(F)C(F)(F)C(F)(F)C1(F)F.[Na+]. The van der Waals surface area contributed by atoms with Crippen LogP contribution in [0.15, 0.2) is 0 Å². The second kappa shape index (κ2) is 4.61. The Morgan fingerprint density at radius 2 is 1.10 bits per heavy atom. The van der Waals surface area contributed by atoms with E-state index < -0.39 is 40.9 Å². The molecule has 1 heterocycles. The van der Waals surface area contributed by atoms with Gasteiger partial charge in [-0.05, 0) is 0 Å². The molecular formula is C6F10NNaO2. The molecule has 0 amide bonds. The van der Waals surface area contributed by atoms with E-state index in [1.165, 1.54) is 0 Å². The van der Waals surface area contributed by atoms with Gasteiger partial charge in [0.1, 0.15) is 5.97 Å². The fourth-order valence-corrected chi connectivity index (χ4v) is 1.28. The second-order valence-electron chi connectivity index (χ2n) is 3.40. The van der Waals surface area contributed by atoms with Crippen LogP contribution in [0.4, 0.5) is 43.9 Å². The number of rotatable bonds is 2. The van der Waals surface area contributed by atoms with Gasteiger partial charge >= 0.3 is 59.5 Å². The second-order valence-corrected chi connectivity index (χ2v) is 3.40. The van der Waals surface area contributed by atoms with E-state index in [1.807, 2.05) is 0 Å². The number of likely N-dealkylation sites (tertiary alicyclic amines) is 1. The predicted molar refractivity (Wildman–Crippen MR) is 31.6 cm³/mol. The maximum atomic E-state index is 12.7. The molecule has 0 N–H and O–H groups in total. The minimum Gasteiger partial charge on any atom is -0.543 e. The molecule has 14 heteroatoms. The molecular weight excluding hydrogens is 331 g/mol. The van der Waals surface area contributed by atoms with Gasteiger partial charge in [-0.25, -0.2) is 0 Å². The summed E-state index contributed by atoms with van der Waals surface area (Å²) in [5, 5.41) is 9.75. The minimum absolute atomic E-state index is 0. The van der Waals surface area contributed by atoms with Gasteiger partial charge in [-0.3, -0.25) is 0 Å². The Labute approximate surface area is 124 Å². The zero-order chi connectivity index (χ0) is 15.7. The van der Waals surface area contributed by atoms with E-state index in [0.29, 0.717) is 0 Å². The van der Waals surface area contributed by atoms with Crippen LogP contribution < -0.4 is 34.7 Å². The number of carboxylic acid groups (broad SMARTS) is 1. The van der Waals surface area contributed by atoms with E-state index in [2.05, 4.69) is 0 Å². The number of aliphatic carboxylic acids is 1. The quantitative estimate of drug-likeness (QED) is 0.338. The molecule has 0 aromatic rings. The minimum atomic E-state index is -6.93. The summed E-state index contributed by atoms with van der Waals surface area (Å²) in [7, 11) is 0. The Balaban J connectivity index is 0.00000361. The number of carboxylic acids is 1. The first-order valence-corrected chi connectivity index (χ1v) is 3.97. The number of hydrogen-bond donors (Lipinski definition) is 0. The molecule has 0 radical (unpaired) electrons. The molecule has 0 saturated carbocycles. The van der Waals surface area contributed by atoms with Gasteiger partial charge < -0.3 is 9.90 Å². The van der Waals surface area contributed by atoms with Crippen molar-refractivity contribution < 1.29 is 83.4 Å². The molecule has 0 aromatic carbocycles. The van der Waals surface area contributed by atoms with Crippen LogP contribution in [-0.2, 0) is 4.79 Å². The van der Waals surface area contributed by atoms with Gasteiger partial charge in [-0.1, -0.05) is 0 Å². The molecule has 0 aliphatic carbocycles. The van der Waals surface area contributed by atoms with E-state index in [0.717, 1.165) is 0 Å². The van der Waals surface area contributed by atoms with Crippen molar-refractivity contribution in [3.8, 4) is 0 Å². The van der Waals surface area contributed by atoms with Gasteiger partial charge in [0.25, 0.3) is 0 Å². The Kier molecular flexibility index (Phi) is 4.55. The van der Waals surface area contributed by atoms with Gasteiger partial charge in [0.05, 0.1) is 0 Å². The average molecular weight is 331 g/mol. The number of alkyl halides is 10. The average Bonchev–Trinajstić information content (AvgIpc) is 2.20. The number of carbonyl (C=O) groups excluding carboxylic acids is 1. The molecule has 0 bridgehead atoms. The van der Waals surface area contributed by atoms with Gasteiger partial charge in [-0.15, -0.1) is 4.90 Å². The number of nitrogens with zero attached hydrogens (tertiary/aromatic N) is 1. The van der Waals surface area contributed by atoms with Crippen molar-refractivity contribution in [1.82, 2.24) is 4.90 Å². The van der Waals surface area contributed by atoms with E-state index in [-0.39, 0.29) is 29.6 Å². The third-order valence-electron chi connectivity index (χ3n) is 2.24. The largest absolute Gasteiger partial charge is 1.00 e. The molecule has 1 aliphatic heterocycles. The topological polar surface area (TPSA) is 43.4 Å². The third-order valence-corrected chi connectivity index (χ3v) is 2.24. The first kappa shape index (κ1) is 19.7. The fraction of sp³-hybridized carbons (Fsp3) is 0.833. The van der Waals surface area contributed by atoms with E-state index in [1.54, 1.807) is 0 Å². The van der Waals surface area contributed by atoms with Crippen LogP contribution in [0.2, 0.25) is 0 Å². The van der Waals surface area contributed by atoms with E-state index in [9.17, 15) is 53.8 Å². The van der Waals surface area contributed by atoms with Crippen molar-refractivity contribution in [3.63, 3.8) is 0 Å². The Morgan fingerprint density at radius 3 is 1.30 bits per heavy atom. The van der Waals surface area contributed by atoms with Crippen molar-refractivity contribution in [2.45, 2.75) is 30.0 Å². The molecule has 20 heavy (non-hydrogen) atoms. The van der Waals surface area contributed by atoms with Crippen molar-refractivity contribution in [1.29, 1.82) is 0 Å². The Hall–Kier alpha value is -0.270. The standard InChI is InChI=1S/C6HF10NO2.Na/c7-2(8,1(18)19)17-5(13,14)3(9,10)4(11,12)6(17,15)16;/h(H,18,19);/q;+1/p-1. The summed E-state index contributed by atoms with van der Waals surface area (Å²) in [6, 6.07) is -20.1. The maximum Gasteiger partial charge on any atom is 1.00 e. The predicted octanol–water partition coefficient (Wildman–Crippen LogP) is -1.90. The van der Waals surface area contributed by atoms with Crippen molar-refractivity contribution in [2.24, 2.45) is 0 Å². The summed E-state index contributed by atoms with van der Waals surface area (Å²) in [6.45, 7) is 0. The zero-order valence-corrected chi connectivity index (χ0v) is 11.0. The van der Waals surface area contributed by atoms with Gasteiger partial charge in [0.15, 0.2) is 0 Å². The summed E-state index contributed by atoms with van der Waals surface area (Å²) < 4.78 is 126. The summed E-state index contributed by atoms with van der Waals surface area (Å²) in [5.41, 5.74) is 0. The molecule has 0 atom stereocenters. The van der Waals surface area contributed by atoms with Crippen molar-refractivity contribution in [3.05, 3.63) is 0 Å². The molecule has 112 valence electrons. The first-order chi connectivity index (χ1) is 8.06. The molecule has 0 unspecified atom stereocenters. The van der Waals surface area contributed by atoms with Crippen molar-refractivity contribution in [2.75, 3.05) is 0 Å². The zero-order valence-electron chi connectivity index (χ0n) is 9.04. The van der Waals surface area contributed by atoms with Crippen LogP contribution >= 0.6 is 0 Å². The Bertz CT molecular complexity index is 398. The number of hydrogen-bond acceptors (Lipinski definition) is 3. The molecule has 3 nitrogen and oxygen atoms in total. The van der Waals surface area contributed by atoms with Crippen LogP contribution in [0.1, 0.15) is 0 Å². The third kappa shape index (κ3) is 1.93. The molecule has 0 spiro atoms. The molecule has 1 saturated heterocycles. The molecule has 1 fully saturated rings. The maximum absolute atomic E-state index is 12.7. The Morgan fingerprint density at radius 1 is 0.850 bits per heavy atom. The summed E-state index contributed by atoms with van der Waals surface area (Å²) in [5.74, 6) is -17.8. The summed E-state index contributed by atoms with van der Waals surface area (Å²) >= 11 is 0. The van der Waals surface area contributed by atoms with E-state index >= 15 is 0 Å². The van der Waals surface area contributed by atoms with Crippen LogP contribution in [0, 0.1) is 0 Å². The monoisotopic (exact) mass is 331 g/mol. The number of carbonyl (C=O) groups is 1.